The number of hydrogen-bond acceptors (Lipinski definition) is 3. The van der Waals surface area contributed by atoms with Crippen LogP contribution in [0.1, 0.15) is 42.9 Å². The number of carbonyl (C=O) groups excluding carboxylic acids is 2. The van der Waals surface area contributed by atoms with Crippen molar-refractivity contribution < 1.29 is 9.59 Å². The predicted octanol–water partition coefficient (Wildman–Crippen LogP) is 4.27. The Morgan fingerprint density at radius 3 is 2.37 bits per heavy atom. The summed E-state index contributed by atoms with van der Waals surface area (Å²) in [5.41, 5.74) is 2.21. The van der Waals surface area contributed by atoms with Crippen LogP contribution < -0.4 is 5.32 Å². The molecule has 2 amide bonds. The number of fused-ring (bicyclic) bond motifs is 1. The number of aromatic nitrogens is 2. The highest BCUT2D eigenvalue weighted by molar-refractivity contribution is 6.30. The van der Waals surface area contributed by atoms with Crippen molar-refractivity contribution in [2.24, 2.45) is 0 Å². The summed E-state index contributed by atoms with van der Waals surface area (Å²) in [4.78, 5) is 32.0. The minimum absolute atomic E-state index is 0.0622. The lowest BCUT2D eigenvalue weighted by Crippen LogP contribution is -2.35. The number of para-hydroxylation sites is 2. The molecule has 0 saturated heterocycles. The van der Waals surface area contributed by atoms with Crippen molar-refractivity contribution in [2.75, 3.05) is 13.1 Å². The Balaban J connectivity index is 1.81. The average Bonchev–Trinajstić information content (AvgIpc) is 3.09. The fourth-order valence-electron chi connectivity index (χ4n) is 3.44. The molecule has 0 fully saturated rings. The van der Waals surface area contributed by atoms with Crippen LogP contribution in [0.5, 0.6) is 0 Å². The zero-order valence-corrected chi connectivity index (χ0v) is 18.2. The molecular formula is C23H27ClN4O2. The van der Waals surface area contributed by atoms with E-state index in [4.69, 9.17) is 11.6 Å². The van der Waals surface area contributed by atoms with Crippen LogP contribution in [0.25, 0.3) is 11.0 Å². The van der Waals surface area contributed by atoms with Crippen molar-refractivity contribution in [3.63, 3.8) is 0 Å². The first-order valence-electron chi connectivity index (χ1n) is 10.3. The maximum Gasteiger partial charge on any atom is 0.251 e. The maximum absolute atomic E-state index is 13.0. The molecule has 2 aromatic carbocycles. The van der Waals surface area contributed by atoms with Gasteiger partial charge in [-0.25, -0.2) is 4.98 Å². The van der Waals surface area contributed by atoms with Gasteiger partial charge in [0.2, 0.25) is 5.91 Å². The Morgan fingerprint density at radius 2 is 1.70 bits per heavy atom. The molecule has 0 aliphatic rings. The number of nitrogens with one attached hydrogen (secondary N) is 1. The number of rotatable bonds is 9. The van der Waals surface area contributed by atoms with Gasteiger partial charge in [-0.2, -0.15) is 0 Å². The highest BCUT2D eigenvalue weighted by atomic mass is 35.5. The molecule has 1 aromatic heterocycles. The van der Waals surface area contributed by atoms with E-state index in [1.54, 1.807) is 24.3 Å². The molecule has 7 heteroatoms. The zero-order valence-electron chi connectivity index (χ0n) is 17.4. The second kappa shape index (κ2) is 10.3. The average molecular weight is 427 g/mol. The molecule has 0 saturated carbocycles. The summed E-state index contributed by atoms with van der Waals surface area (Å²) in [7, 11) is 0. The van der Waals surface area contributed by atoms with Crippen molar-refractivity contribution in [3.8, 4) is 0 Å². The fourth-order valence-corrected chi connectivity index (χ4v) is 3.56. The molecule has 1 N–H and O–H groups in total. The van der Waals surface area contributed by atoms with Crippen LogP contribution in [-0.4, -0.2) is 39.4 Å². The lowest BCUT2D eigenvalue weighted by molar-refractivity contribution is -0.131. The molecule has 0 unspecified atom stereocenters. The molecule has 0 atom stereocenters. The zero-order chi connectivity index (χ0) is 21.5. The summed E-state index contributed by atoms with van der Waals surface area (Å²) in [6.07, 6.45) is 1.83. The Bertz CT molecular complexity index is 1010. The van der Waals surface area contributed by atoms with E-state index in [-0.39, 0.29) is 24.9 Å². The van der Waals surface area contributed by atoms with Gasteiger partial charge in [0.1, 0.15) is 12.4 Å². The highest BCUT2D eigenvalue weighted by Gasteiger charge is 2.18. The quantitative estimate of drug-likeness (QED) is 0.555. The molecular weight excluding hydrogens is 400 g/mol. The lowest BCUT2D eigenvalue weighted by atomic mass is 10.2. The van der Waals surface area contributed by atoms with E-state index < -0.39 is 0 Å². The predicted molar refractivity (Wildman–Crippen MR) is 120 cm³/mol. The van der Waals surface area contributed by atoms with Crippen LogP contribution in [-0.2, 0) is 17.9 Å². The van der Waals surface area contributed by atoms with Gasteiger partial charge in [0.15, 0.2) is 0 Å². The maximum atomic E-state index is 13.0. The van der Waals surface area contributed by atoms with Gasteiger partial charge in [0, 0.05) is 23.7 Å². The number of hydrogen-bond donors (Lipinski definition) is 1. The first-order valence-corrected chi connectivity index (χ1v) is 10.7. The Morgan fingerprint density at radius 1 is 1.03 bits per heavy atom. The summed E-state index contributed by atoms with van der Waals surface area (Å²) in [5, 5.41) is 3.48. The molecule has 0 spiro atoms. The van der Waals surface area contributed by atoms with Gasteiger partial charge in [0.25, 0.3) is 5.91 Å². The molecule has 0 aliphatic heterocycles. The molecule has 1 heterocycles. The van der Waals surface area contributed by atoms with Crippen LogP contribution in [0, 0.1) is 0 Å². The monoisotopic (exact) mass is 426 g/mol. The minimum Gasteiger partial charge on any atom is -0.345 e. The van der Waals surface area contributed by atoms with E-state index >= 15 is 0 Å². The smallest absolute Gasteiger partial charge is 0.251 e. The number of carbonyl (C=O) groups is 2. The van der Waals surface area contributed by atoms with Gasteiger partial charge in [-0.15, -0.1) is 0 Å². The van der Waals surface area contributed by atoms with Gasteiger partial charge in [0.05, 0.1) is 17.6 Å². The van der Waals surface area contributed by atoms with Crippen molar-refractivity contribution in [3.05, 3.63) is 64.9 Å². The summed E-state index contributed by atoms with van der Waals surface area (Å²) < 4.78 is 1.90. The molecule has 3 rings (SSSR count). The second-order valence-electron chi connectivity index (χ2n) is 7.17. The number of benzene rings is 2. The molecule has 0 aliphatic carbocycles. The standard InChI is InChI=1S/C23H27ClN4O2/c1-3-13-27(14-4-2)22(29)16-28-20-8-6-5-7-19(20)26-21(28)15-25-23(30)17-9-11-18(24)12-10-17/h5-12H,3-4,13-16H2,1-2H3,(H,25,30). The summed E-state index contributed by atoms with van der Waals surface area (Å²) in [6, 6.07) is 14.4. The molecule has 0 bridgehead atoms. The SMILES string of the molecule is CCCN(CCC)C(=O)Cn1c(CNC(=O)c2ccc(Cl)cc2)nc2ccccc21. The van der Waals surface area contributed by atoms with Crippen molar-refractivity contribution in [2.45, 2.75) is 39.8 Å². The normalized spacial score (nSPS) is 10.9. The van der Waals surface area contributed by atoms with E-state index in [1.807, 2.05) is 33.7 Å². The number of imidazole rings is 1. The third-order valence-electron chi connectivity index (χ3n) is 4.88. The summed E-state index contributed by atoms with van der Waals surface area (Å²) in [5.74, 6) is 0.502. The largest absolute Gasteiger partial charge is 0.345 e. The molecule has 3 aromatic rings. The van der Waals surface area contributed by atoms with Gasteiger partial charge in [-0.1, -0.05) is 37.6 Å². The summed E-state index contributed by atoms with van der Waals surface area (Å²) in [6.45, 7) is 6.04. The van der Waals surface area contributed by atoms with Crippen molar-refractivity contribution in [1.29, 1.82) is 0 Å². The Kier molecular flexibility index (Phi) is 7.46. The van der Waals surface area contributed by atoms with Crippen molar-refractivity contribution >= 4 is 34.4 Å². The minimum atomic E-state index is -0.213. The molecule has 158 valence electrons. The second-order valence-corrected chi connectivity index (χ2v) is 7.61. The summed E-state index contributed by atoms with van der Waals surface area (Å²) >= 11 is 5.89. The Hall–Kier alpha value is -2.86. The van der Waals surface area contributed by atoms with Gasteiger partial charge < -0.3 is 14.8 Å². The van der Waals surface area contributed by atoms with Crippen LogP contribution in [0.3, 0.4) is 0 Å². The van der Waals surface area contributed by atoms with Gasteiger partial charge in [-0.3, -0.25) is 9.59 Å². The van der Waals surface area contributed by atoms with E-state index in [2.05, 4.69) is 24.1 Å². The number of halogens is 1. The van der Waals surface area contributed by atoms with Crippen LogP contribution in [0.2, 0.25) is 5.02 Å². The topological polar surface area (TPSA) is 67.2 Å². The van der Waals surface area contributed by atoms with Crippen LogP contribution in [0.15, 0.2) is 48.5 Å². The first kappa shape index (κ1) is 21.8. The van der Waals surface area contributed by atoms with E-state index in [0.29, 0.717) is 16.4 Å². The number of nitrogens with zero attached hydrogens (tertiary/aromatic N) is 3. The number of amides is 2. The lowest BCUT2D eigenvalue weighted by Gasteiger charge is -2.22. The van der Waals surface area contributed by atoms with Gasteiger partial charge >= 0.3 is 0 Å². The van der Waals surface area contributed by atoms with E-state index in [9.17, 15) is 9.59 Å². The fraction of sp³-hybridized carbons (Fsp3) is 0.348. The molecule has 0 radical (unpaired) electrons. The van der Waals surface area contributed by atoms with Crippen LogP contribution in [0.4, 0.5) is 0 Å². The van der Waals surface area contributed by atoms with Crippen molar-refractivity contribution in [1.82, 2.24) is 19.8 Å². The molecule has 30 heavy (non-hydrogen) atoms. The Labute approximate surface area is 181 Å². The first-order chi connectivity index (χ1) is 14.5. The van der Waals surface area contributed by atoms with Crippen LogP contribution >= 0.6 is 11.6 Å². The van der Waals surface area contributed by atoms with E-state index in [1.165, 1.54) is 0 Å². The third kappa shape index (κ3) is 5.19. The third-order valence-corrected chi connectivity index (χ3v) is 5.13. The molecule has 6 nitrogen and oxygen atoms in total. The van der Waals surface area contributed by atoms with Gasteiger partial charge in [-0.05, 0) is 49.2 Å². The van der Waals surface area contributed by atoms with E-state index in [0.717, 1.165) is 37.0 Å². The highest BCUT2D eigenvalue weighted by Crippen LogP contribution is 2.17.